The van der Waals surface area contributed by atoms with Crippen LogP contribution in [0, 0.1) is 10.1 Å². The van der Waals surface area contributed by atoms with Crippen molar-refractivity contribution in [2.75, 3.05) is 6.54 Å². The van der Waals surface area contributed by atoms with E-state index in [1.54, 1.807) is 12.1 Å². The van der Waals surface area contributed by atoms with Gasteiger partial charge in [-0.25, -0.2) is 0 Å². The molecule has 0 radical (unpaired) electrons. The minimum atomic E-state index is -0.374. The maximum absolute atomic E-state index is 10.8. The van der Waals surface area contributed by atoms with E-state index in [-0.39, 0.29) is 22.9 Å². The Bertz CT molecular complexity index is 642. The highest BCUT2D eigenvalue weighted by Gasteiger charge is 2.39. The number of ether oxygens (including phenoxy) is 1. The first-order chi connectivity index (χ1) is 9.19. The summed E-state index contributed by atoms with van der Waals surface area (Å²) < 4.78 is 5.53. The van der Waals surface area contributed by atoms with E-state index >= 15 is 0 Å². The highest BCUT2D eigenvalue weighted by molar-refractivity contribution is 5.85. The molecule has 0 amide bonds. The molecule has 0 aromatic heterocycles. The molecular weight excluding hydrogens is 244 g/mol. The summed E-state index contributed by atoms with van der Waals surface area (Å²) in [5, 5.41) is 15.9. The van der Waals surface area contributed by atoms with Crippen molar-refractivity contribution in [1.29, 1.82) is 0 Å². The van der Waals surface area contributed by atoms with Crippen LogP contribution in [0.5, 0.6) is 0 Å². The second-order valence-corrected chi connectivity index (χ2v) is 4.58. The third kappa shape index (κ3) is 2.30. The van der Waals surface area contributed by atoms with Crippen LogP contribution in [0.1, 0.15) is 18.6 Å². The smallest absolute Gasteiger partial charge is 0.270 e. The lowest BCUT2D eigenvalue weighted by atomic mass is 10.0. The zero-order valence-electron chi connectivity index (χ0n) is 10.5. The molecule has 19 heavy (non-hydrogen) atoms. The van der Waals surface area contributed by atoms with E-state index < -0.39 is 0 Å². The van der Waals surface area contributed by atoms with Gasteiger partial charge in [0.1, 0.15) is 12.3 Å². The van der Waals surface area contributed by atoms with Crippen molar-refractivity contribution in [3.05, 3.63) is 52.1 Å². The molecule has 5 heteroatoms. The largest absolute Gasteiger partial charge is 0.348 e. The molecule has 0 spiro atoms. The predicted octanol–water partition coefficient (Wildman–Crippen LogP) is 2.75. The number of hydrogen-bond donors (Lipinski definition) is 1. The molecule has 3 rings (SSSR count). The molecule has 2 aromatic rings. The number of non-ortho nitro benzene ring substituents is 1. The molecule has 2 unspecified atom stereocenters. The van der Waals surface area contributed by atoms with Crippen molar-refractivity contribution >= 4 is 16.5 Å². The van der Waals surface area contributed by atoms with Gasteiger partial charge in [-0.3, -0.25) is 15.4 Å². The van der Waals surface area contributed by atoms with Crippen LogP contribution in [-0.4, -0.2) is 17.7 Å². The van der Waals surface area contributed by atoms with Gasteiger partial charge < -0.3 is 4.74 Å². The van der Waals surface area contributed by atoms with E-state index in [1.807, 2.05) is 25.1 Å². The van der Waals surface area contributed by atoms with Crippen LogP contribution < -0.4 is 5.32 Å². The number of nitro groups is 1. The first-order valence-corrected chi connectivity index (χ1v) is 6.26. The van der Waals surface area contributed by atoms with Crippen molar-refractivity contribution in [3.8, 4) is 0 Å². The third-order valence-electron chi connectivity index (χ3n) is 3.28. The SMILES string of the molecule is CCNC1OC1c1ccc2ccc([N+](=O)[O-])cc2c1. The van der Waals surface area contributed by atoms with Crippen LogP contribution in [0.4, 0.5) is 5.69 Å². The van der Waals surface area contributed by atoms with Gasteiger partial charge in [-0.2, -0.15) is 0 Å². The highest BCUT2D eigenvalue weighted by atomic mass is 16.6. The summed E-state index contributed by atoms with van der Waals surface area (Å²) in [4.78, 5) is 10.4. The van der Waals surface area contributed by atoms with Gasteiger partial charge in [-0.05, 0) is 35.0 Å². The lowest BCUT2D eigenvalue weighted by molar-refractivity contribution is -0.384. The molecule has 1 aliphatic heterocycles. The molecule has 0 saturated carbocycles. The maximum atomic E-state index is 10.8. The number of fused-ring (bicyclic) bond motifs is 1. The average Bonchev–Trinajstić information content (AvgIpc) is 3.17. The molecule has 1 N–H and O–H groups in total. The van der Waals surface area contributed by atoms with E-state index in [4.69, 9.17) is 4.74 Å². The van der Waals surface area contributed by atoms with E-state index in [2.05, 4.69) is 5.32 Å². The zero-order valence-corrected chi connectivity index (χ0v) is 10.5. The van der Waals surface area contributed by atoms with Crippen LogP contribution in [0.15, 0.2) is 36.4 Å². The zero-order chi connectivity index (χ0) is 13.4. The summed E-state index contributed by atoms with van der Waals surface area (Å²) in [6.45, 7) is 2.89. The first kappa shape index (κ1) is 12.1. The molecule has 2 aromatic carbocycles. The summed E-state index contributed by atoms with van der Waals surface area (Å²) in [7, 11) is 0. The van der Waals surface area contributed by atoms with E-state index in [1.165, 1.54) is 6.07 Å². The number of nitrogens with zero attached hydrogens (tertiary/aromatic N) is 1. The monoisotopic (exact) mass is 258 g/mol. The Labute approximate surface area is 110 Å². The Kier molecular flexibility index (Phi) is 2.93. The summed E-state index contributed by atoms with van der Waals surface area (Å²) in [6.07, 6.45) is 0.129. The molecule has 1 heterocycles. The summed E-state index contributed by atoms with van der Waals surface area (Å²) in [6, 6.07) is 10.8. The normalized spacial score (nSPS) is 21.5. The van der Waals surface area contributed by atoms with Gasteiger partial charge in [-0.1, -0.05) is 19.1 Å². The number of benzene rings is 2. The van der Waals surface area contributed by atoms with Gasteiger partial charge in [0, 0.05) is 12.1 Å². The Balaban J connectivity index is 1.93. The molecule has 2 atom stereocenters. The van der Waals surface area contributed by atoms with Crippen LogP contribution >= 0.6 is 0 Å². The Morgan fingerprint density at radius 2 is 2.05 bits per heavy atom. The van der Waals surface area contributed by atoms with Crippen LogP contribution in [0.3, 0.4) is 0 Å². The Morgan fingerprint density at radius 3 is 2.79 bits per heavy atom. The molecular formula is C14H14N2O3. The van der Waals surface area contributed by atoms with Gasteiger partial charge >= 0.3 is 0 Å². The average molecular weight is 258 g/mol. The maximum Gasteiger partial charge on any atom is 0.270 e. The van der Waals surface area contributed by atoms with E-state index in [0.717, 1.165) is 22.9 Å². The first-order valence-electron chi connectivity index (χ1n) is 6.26. The highest BCUT2D eigenvalue weighted by Crippen LogP contribution is 2.38. The van der Waals surface area contributed by atoms with Gasteiger partial charge in [0.2, 0.25) is 0 Å². The second-order valence-electron chi connectivity index (χ2n) is 4.58. The third-order valence-corrected chi connectivity index (χ3v) is 3.28. The molecule has 0 bridgehead atoms. The van der Waals surface area contributed by atoms with E-state index in [0.29, 0.717) is 0 Å². The van der Waals surface area contributed by atoms with Crippen molar-refractivity contribution in [2.24, 2.45) is 0 Å². The van der Waals surface area contributed by atoms with Crippen molar-refractivity contribution in [2.45, 2.75) is 19.3 Å². The van der Waals surface area contributed by atoms with Crippen molar-refractivity contribution < 1.29 is 9.66 Å². The summed E-state index contributed by atoms with van der Waals surface area (Å²) in [5.74, 6) is 0. The Hall–Kier alpha value is -1.98. The number of hydrogen-bond acceptors (Lipinski definition) is 4. The lowest BCUT2D eigenvalue weighted by Gasteiger charge is -2.01. The Morgan fingerprint density at radius 1 is 1.26 bits per heavy atom. The fourth-order valence-corrected chi connectivity index (χ4v) is 2.27. The molecule has 98 valence electrons. The van der Waals surface area contributed by atoms with Crippen molar-refractivity contribution in [3.63, 3.8) is 0 Å². The molecule has 1 fully saturated rings. The van der Waals surface area contributed by atoms with Gasteiger partial charge in [0.05, 0.1) is 4.92 Å². The van der Waals surface area contributed by atoms with Crippen LogP contribution in [0.25, 0.3) is 10.8 Å². The van der Waals surface area contributed by atoms with Crippen molar-refractivity contribution in [1.82, 2.24) is 5.32 Å². The summed E-state index contributed by atoms with van der Waals surface area (Å²) in [5.41, 5.74) is 1.17. The van der Waals surface area contributed by atoms with Gasteiger partial charge in [0.15, 0.2) is 0 Å². The molecule has 5 nitrogen and oxygen atoms in total. The van der Waals surface area contributed by atoms with Crippen LogP contribution in [-0.2, 0) is 4.74 Å². The fourth-order valence-electron chi connectivity index (χ4n) is 2.27. The predicted molar refractivity (Wildman–Crippen MR) is 71.9 cm³/mol. The van der Waals surface area contributed by atoms with Gasteiger partial charge in [-0.15, -0.1) is 0 Å². The minimum Gasteiger partial charge on any atom is -0.348 e. The molecule has 0 aliphatic carbocycles. The number of nitro benzene ring substituents is 1. The lowest BCUT2D eigenvalue weighted by Crippen LogP contribution is -2.16. The van der Waals surface area contributed by atoms with E-state index in [9.17, 15) is 10.1 Å². The summed E-state index contributed by atoms with van der Waals surface area (Å²) >= 11 is 0. The van der Waals surface area contributed by atoms with Crippen LogP contribution in [0.2, 0.25) is 0 Å². The quantitative estimate of drug-likeness (QED) is 0.520. The number of epoxide rings is 1. The van der Waals surface area contributed by atoms with Gasteiger partial charge in [0.25, 0.3) is 5.69 Å². The number of likely N-dealkylation sites (N-methyl/N-ethyl adjacent to an activating group) is 1. The number of nitrogens with one attached hydrogen (secondary N) is 1. The standard InChI is InChI=1S/C14H14N2O3/c1-2-15-14-13(19-14)10-4-3-9-5-6-12(16(17)18)8-11(9)7-10/h3-8,13-15H,2H2,1H3. The second kappa shape index (κ2) is 4.60. The minimum absolute atomic E-state index is 0.0589. The fraction of sp³-hybridized carbons (Fsp3) is 0.286. The molecule has 1 aliphatic rings. The number of rotatable bonds is 4. The topological polar surface area (TPSA) is 67.7 Å². The molecule has 1 saturated heterocycles.